The van der Waals surface area contributed by atoms with Gasteiger partial charge in [-0.25, -0.2) is 4.79 Å². The predicted molar refractivity (Wildman–Crippen MR) is 119 cm³/mol. The van der Waals surface area contributed by atoms with Gasteiger partial charge in [0.2, 0.25) is 5.91 Å². The van der Waals surface area contributed by atoms with E-state index in [1.165, 1.54) is 0 Å². The molecule has 7 heteroatoms. The number of urea groups is 1. The molecule has 0 radical (unpaired) electrons. The molecule has 0 saturated heterocycles. The number of hydrogen-bond donors (Lipinski definition) is 1. The average molecular weight is 415 g/mol. The topological polar surface area (TPSA) is 66.8 Å². The second kappa shape index (κ2) is 11.4. The van der Waals surface area contributed by atoms with Crippen LogP contribution in [-0.4, -0.2) is 59.2 Å². The number of carbonyl (C=O) groups excluding carboxylic acids is 2. The van der Waals surface area contributed by atoms with Crippen LogP contribution in [0.1, 0.15) is 32.0 Å². The van der Waals surface area contributed by atoms with E-state index in [1.54, 1.807) is 16.9 Å². The third-order valence-electron chi connectivity index (χ3n) is 5.10. The van der Waals surface area contributed by atoms with E-state index >= 15 is 0 Å². The van der Waals surface area contributed by atoms with Crippen LogP contribution in [-0.2, 0) is 29.5 Å². The normalized spacial score (nSPS) is 10.9. The molecule has 30 heavy (non-hydrogen) atoms. The van der Waals surface area contributed by atoms with Gasteiger partial charge in [-0.15, -0.1) is 0 Å². The first-order chi connectivity index (χ1) is 14.3. The van der Waals surface area contributed by atoms with Crippen molar-refractivity contribution >= 4 is 17.6 Å². The molecule has 7 nitrogen and oxygen atoms in total. The van der Waals surface area contributed by atoms with Gasteiger partial charge in [-0.1, -0.05) is 19.1 Å². The van der Waals surface area contributed by atoms with Gasteiger partial charge in [0.1, 0.15) is 6.54 Å². The van der Waals surface area contributed by atoms with E-state index in [2.05, 4.69) is 12.2 Å². The number of ether oxygens (including phenoxy) is 1. The molecular weight excluding hydrogens is 380 g/mol. The van der Waals surface area contributed by atoms with Gasteiger partial charge >= 0.3 is 6.03 Å². The van der Waals surface area contributed by atoms with E-state index in [0.717, 1.165) is 23.4 Å². The van der Waals surface area contributed by atoms with Crippen molar-refractivity contribution in [1.29, 1.82) is 0 Å². The average Bonchev–Trinajstić information content (AvgIpc) is 3.13. The van der Waals surface area contributed by atoms with E-state index in [1.807, 2.05) is 68.1 Å². The summed E-state index contributed by atoms with van der Waals surface area (Å²) in [7, 11) is 3.57. The van der Waals surface area contributed by atoms with Crippen molar-refractivity contribution in [3.8, 4) is 0 Å². The van der Waals surface area contributed by atoms with Crippen LogP contribution in [0.15, 0.2) is 42.6 Å². The Bertz CT molecular complexity index is 831. The van der Waals surface area contributed by atoms with Crippen LogP contribution in [0.5, 0.6) is 0 Å². The highest BCUT2D eigenvalue weighted by Gasteiger charge is 2.24. The third kappa shape index (κ3) is 6.62. The molecule has 0 aliphatic heterocycles. The summed E-state index contributed by atoms with van der Waals surface area (Å²) in [6.07, 6.45) is 2.84. The summed E-state index contributed by atoms with van der Waals surface area (Å²) in [6, 6.07) is 11.3. The Morgan fingerprint density at radius 1 is 1.20 bits per heavy atom. The van der Waals surface area contributed by atoms with Gasteiger partial charge < -0.3 is 24.4 Å². The first-order valence-electron chi connectivity index (χ1n) is 10.4. The van der Waals surface area contributed by atoms with Gasteiger partial charge in [-0.3, -0.25) is 4.79 Å². The molecule has 0 saturated carbocycles. The summed E-state index contributed by atoms with van der Waals surface area (Å²) >= 11 is 0. The molecule has 0 spiro atoms. The first kappa shape index (κ1) is 23.5. The van der Waals surface area contributed by atoms with Crippen LogP contribution in [0, 0.1) is 0 Å². The highest BCUT2D eigenvalue weighted by atomic mass is 16.5. The predicted octanol–water partition coefficient (Wildman–Crippen LogP) is 3.51. The lowest BCUT2D eigenvalue weighted by Gasteiger charge is -2.30. The summed E-state index contributed by atoms with van der Waals surface area (Å²) in [6.45, 7) is 7.27. The number of benzene rings is 1. The minimum absolute atomic E-state index is 0.00507. The fourth-order valence-corrected chi connectivity index (χ4v) is 3.15. The van der Waals surface area contributed by atoms with Gasteiger partial charge in [0.15, 0.2) is 0 Å². The molecule has 1 N–H and O–H groups in total. The molecule has 0 aliphatic carbocycles. The molecule has 1 aromatic carbocycles. The molecule has 164 valence electrons. The Hall–Kier alpha value is -2.80. The highest BCUT2D eigenvalue weighted by Crippen LogP contribution is 2.14. The maximum Gasteiger partial charge on any atom is 0.322 e. The summed E-state index contributed by atoms with van der Waals surface area (Å²) < 4.78 is 7.17. The highest BCUT2D eigenvalue weighted by molar-refractivity contribution is 5.92. The van der Waals surface area contributed by atoms with Gasteiger partial charge in [0, 0.05) is 44.3 Å². The Morgan fingerprint density at radius 3 is 2.57 bits per heavy atom. The molecule has 0 unspecified atom stereocenters. The van der Waals surface area contributed by atoms with E-state index in [0.29, 0.717) is 19.7 Å². The number of hydrogen-bond acceptors (Lipinski definition) is 3. The zero-order chi connectivity index (χ0) is 22.1. The van der Waals surface area contributed by atoms with Gasteiger partial charge in [-0.2, -0.15) is 0 Å². The second-order valence-electron chi connectivity index (χ2n) is 7.62. The fourth-order valence-electron chi connectivity index (χ4n) is 3.15. The van der Waals surface area contributed by atoms with Crippen LogP contribution < -0.4 is 5.32 Å². The minimum atomic E-state index is -0.280. The summed E-state index contributed by atoms with van der Waals surface area (Å²) in [5, 5.41) is 2.93. The largest absolute Gasteiger partial charge is 0.383 e. The summed E-state index contributed by atoms with van der Waals surface area (Å²) in [4.78, 5) is 29.3. The quantitative estimate of drug-likeness (QED) is 0.647. The maximum atomic E-state index is 13.1. The second-order valence-corrected chi connectivity index (χ2v) is 7.62. The molecule has 1 heterocycles. The van der Waals surface area contributed by atoms with Crippen molar-refractivity contribution in [1.82, 2.24) is 14.4 Å². The molecule has 0 fully saturated rings. The molecule has 0 bridgehead atoms. The molecule has 0 aliphatic rings. The third-order valence-corrected chi connectivity index (χ3v) is 5.10. The zero-order valence-electron chi connectivity index (χ0n) is 18.7. The number of aromatic nitrogens is 1. The molecule has 2 aromatic rings. The van der Waals surface area contributed by atoms with Crippen LogP contribution >= 0.6 is 0 Å². The summed E-state index contributed by atoms with van der Waals surface area (Å²) in [5.41, 5.74) is 2.90. The molecule has 1 aromatic heterocycles. The number of nitrogens with zero attached hydrogens (tertiary/aromatic N) is 3. The van der Waals surface area contributed by atoms with Crippen molar-refractivity contribution in [2.45, 2.75) is 39.8 Å². The number of carbonyl (C=O) groups is 2. The standard InChI is InChI=1S/C23H34N4O3/c1-6-19-9-7-10-20(15-19)24-23(29)27(18(2)3)17-22(28)26(13-14-30-5)16-21-11-8-12-25(21)4/h7-12,15,18H,6,13-14,16-17H2,1-5H3,(H,24,29). The van der Waals surface area contributed by atoms with Crippen molar-refractivity contribution in [2.75, 3.05) is 32.1 Å². The minimum Gasteiger partial charge on any atom is -0.383 e. The first-order valence-corrected chi connectivity index (χ1v) is 10.4. The van der Waals surface area contributed by atoms with E-state index in [4.69, 9.17) is 4.74 Å². The van der Waals surface area contributed by atoms with Crippen molar-refractivity contribution in [2.24, 2.45) is 7.05 Å². The SMILES string of the molecule is CCc1cccc(NC(=O)N(CC(=O)N(CCOC)Cc2cccn2C)C(C)C)c1. The van der Waals surface area contributed by atoms with E-state index in [9.17, 15) is 9.59 Å². The number of nitrogens with one attached hydrogen (secondary N) is 1. The Morgan fingerprint density at radius 2 is 1.97 bits per heavy atom. The Balaban J connectivity index is 2.10. The molecule has 0 atom stereocenters. The van der Waals surface area contributed by atoms with Crippen molar-refractivity contribution in [3.63, 3.8) is 0 Å². The van der Waals surface area contributed by atoms with E-state index < -0.39 is 0 Å². The summed E-state index contributed by atoms with van der Waals surface area (Å²) in [5.74, 6) is -0.112. The Labute approximate surface area is 179 Å². The maximum absolute atomic E-state index is 13.1. The number of methoxy groups -OCH3 is 1. The fraction of sp³-hybridized carbons (Fsp3) is 0.478. The molecular formula is C23H34N4O3. The smallest absolute Gasteiger partial charge is 0.322 e. The monoisotopic (exact) mass is 414 g/mol. The molecule has 3 amide bonds. The number of aryl methyl sites for hydroxylation is 2. The lowest BCUT2D eigenvalue weighted by atomic mass is 10.1. The lowest BCUT2D eigenvalue weighted by Crippen LogP contribution is -2.48. The Kier molecular flexibility index (Phi) is 8.92. The number of anilines is 1. The van der Waals surface area contributed by atoms with Crippen LogP contribution in [0.25, 0.3) is 0 Å². The van der Waals surface area contributed by atoms with Gasteiger partial charge in [0.25, 0.3) is 0 Å². The van der Waals surface area contributed by atoms with Crippen LogP contribution in [0.3, 0.4) is 0 Å². The van der Waals surface area contributed by atoms with E-state index in [-0.39, 0.29) is 24.5 Å². The number of amides is 3. The zero-order valence-corrected chi connectivity index (χ0v) is 18.7. The lowest BCUT2D eigenvalue weighted by molar-refractivity contribution is -0.133. The van der Waals surface area contributed by atoms with Crippen molar-refractivity contribution < 1.29 is 14.3 Å². The van der Waals surface area contributed by atoms with Gasteiger partial charge in [0.05, 0.1) is 13.2 Å². The number of rotatable bonds is 10. The molecule has 2 rings (SSSR count). The van der Waals surface area contributed by atoms with Crippen LogP contribution in [0.4, 0.5) is 10.5 Å². The van der Waals surface area contributed by atoms with Crippen molar-refractivity contribution in [3.05, 3.63) is 53.9 Å². The van der Waals surface area contributed by atoms with Crippen LogP contribution in [0.2, 0.25) is 0 Å². The van der Waals surface area contributed by atoms with Gasteiger partial charge in [-0.05, 0) is 50.1 Å².